The third kappa shape index (κ3) is 5.96. The van der Waals surface area contributed by atoms with Crippen LogP contribution < -0.4 is 0 Å². The summed E-state index contributed by atoms with van der Waals surface area (Å²) in [6, 6.07) is 2.49. The standard InChI is InChI=1S/C15H26N2O2/c1-15(2,3)19-14(18)17-12-8-10-13(17)9-6-4-5-7-11-16/h13H,4-10,12H2,1-3H3/t13-/m0/s1. The van der Waals surface area contributed by atoms with Gasteiger partial charge in [-0.15, -0.1) is 0 Å². The Morgan fingerprint density at radius 2 is 2.11 bits per heavy atom. The van der Waals surface area contributed by atoms with Crippen molar-refractivity contribution in [3.8, 4) is 6.07 Å². The second kappa shape index (κ2) is 7.37. The monoisotopic (exact) mass is 266 g/mol. The summed E-state index contributed by atoms with van der Waals surface area (Å²) < 4.78 is 5.44. The first kappa shape index (κ1) is 15.8. The number of rotatable bonds is 5. The van der Waals surface area contributed by atoms with E-state index in [1.165, 1.54) is 0 Å². The molecule has 0 saturated carbocycles. The number of amides is 1. The number of nitriles is 1. The quantitative estimate of drug-likeness (QED) is 0.710. The van der Waals surface area contributed by atoms with Crippen LogP contribution in [0.3, 0.4) is 0 Å². The zero-order valence-electron chi connectivity index (χ0n) is 12.4. The summed E-state index contributed by atoms with van der Waals surface area (Å²) in [5.41, 5.74) is -0.420. The number of ether oxygens (including phenoxy) is 1. The van der Waals surface area contributed by atoms with Crippen LogP contribution in [-0.4, -0.2) is 29.2 Å². The summed E-state index contributed by atoms with van der Waals surface area (Å²) >= 11 is 0. The maximum absolute atomic E-state index is 12.1. The highest BCUT2D eigenvalue weighted by Gasteiger charge is 2.31. The number of carbonyl (C=O) groups is 1. The Labute approximate surface area is 116 Å². The number of hydrogen-bond donors (Lipinski definition) is 0. The lowest BCUT2D eigenvalue weighted by molar-refractivity contribution is 0.0218. The van der Waals surface area contributed by atoms with E-state index in [1.54, 1.807) is 0 Å². The largest absolute Gasteiger partial charge is 0.444 e. The molecule has 1 aliphatic heterocycles. The topological polar surface area (TPSA) is 53.3 Å². The maximum Gasteiger partial charge on any atom is 0.410 e. The molecule has 1 aliphatic rings. The lowest BCUT2D eigenvalue weighted by atomic mass is 10.1. The molecular formula is C15H26N2O2. The molecule has 0 aromatic rings. The fourth-order valence-corrected chi connectivity index (χ4v) is 2.46. The van der Waals surface area contributed by atoms with E-state index in [1.807, 2.05) is 25.7 Å². The average Bonchev–Trinajstić information content (AvgIpc) is 2.75. The Hall–Kier alpha value is -1.24. The van der Waals surface area contributed by atoms with Crippen molar-refractivity contribution in [2.45, 2.75) is 77.4 Å². The van der Waals surface area contributed by atoms with Gasteiger partial charge in [0.25, 0.3) is 0 Å². The molecule has 19 heavy (non-hydrogen) atoms. The number of likely N-dealkylation sites (tertiary alicyclic amines) is 1. The molecule has 0 aliphatic carbocycles. The average molecular weight is 266 g/mol. The summed E-state index contributed by atoms with van der Waals surface area (Å²) in [5, 5.41) is 8.48. The van der Waals surface area contributed by atoms with Gasteiger partial charge in [-0.25, -0.2) is 4.79 Å². The molecule has 1 atom stereocenters. The predicted molar refractivity (Wildman–Crippen MR) is 74.7 cm³/mol. The van der Waals surface area contributed by atoms with Crippen molar-refractivity contribution in [2.24, 2.45) is 0 Å². The van der Waals surface area contributed by atoms with Gasteiger partial charge in [0.2, 0.25) is 0 Å². The van der Waals surface area contributed by atoms with E-state index in [-0.39, 0.29) is 6.09 Å². The van der Waals surface area contributed by atoms with Gasteiger partial charge in [-0.05, 0) is 46.5 Å². The molecule has 0 aromatic carbocycles. The van der Waals surface area contributed by atoms with E-state index in [9.17, 15) is 4.79 Å². The predicted octanol–water partition coefficient (Wildman–Crippen LogP) is 3.86. The number of carbonyl (C=O) groups excluding carboxylic acids is 1. The Morgan fingerprint density at radius 3 is 2.74 bits per heavy atom. The van der Waals surface area contributed by atoms with Crippen molar-refractivity contribution in [1.29, 1.82) is 5.26 Å². The smallest absolute Gasteiger partial charge is 0.410 e. The van der Waals surface area contributed by atoms with Gasteiger partial charge in [0.1, 0.15) is 5.60 Å². The van der Waals surface area contributed by atoms with E-state index in [0.29, 0.717) is 12.5 Å². The molecule has 0 aromatic heterocycles. The Kier molecular flexibility index (Phi) is 6.14. The Bertz CT molecular complexity index is 328. The van der Waals surface area contributed by atoms with Crippen molar-refractivity contribution in [3.05, 3.63) is 0 Å². The normalized spacial score (nSPS) is 19.3. The van der Waals surface area contributed by atoms with Crippen LogP contribution in [0.15, 0.2) is 0 Å². The lowest BCUT2D eigenvalue weighted by Gasteiger charge is -2.28. The van der Waals surface area contributed by atoms with Crippen LogP contribution in [0, 0.1) is 11.3 Å². The van der Waals surface area contributed by atoms with Gasteiger partial charge in [-0.1, -0.05) is 12.8 Å². The minimum Gasteiger partial charge on any atom is -0.444 e. The number of unbranched alkanes of at least 4 members (excludes halogenated alkanes) is 3. The third-order valence-corrected chi connectivity index (χ3v) is 3.33. The van der Waals surface area contributed by atoms with Gasteiger partial charge in [0.15, 0.2) is 0 Å². The summed E-state index contributed by atoms with van der Waals surface area (Å²) in [4.78, 5) is 14.0. The van der Waals surface area contributed by atoms with Gasteiger partial charge >= 0.3 is 6.09 Å². The summed E-state index contributed by atoms with van der Waals surface area (Å²) in [7, 11) is 0. The molecule has 0 radical (unpaired) electrons. The first-order chi connectivity index (χ1) is 8.94. The van der Waals surface area contributed by atoms with Gasteiger partial charge < -0.3 is 9.64 Å². The van der Waals surface area contributed by atoms with E-state index >= 15 is 0 Å². The van der Waals surface area contributed by atoms with E-state index in [4.69, 9.17) is 10.00 Å². The molecule has 0 bridgehead atoms. The molecule has 4 heteroatoms. The highest BCUT2D eigenvalue weighted by Crippen LogP contribution is 2.24. The van der Waals surface area contributed by atoms with E-state index in [0.717, 1.165) is 45.1 Å². The molecule has 1 fully saturated rings. The van der Waals surface area contributed by atoms with Crippen molar-refractivity contribution >= 4 is 6.09 Å². The van der Waals surface area contributed by atoms with Crippen molar-refractivity contribution in [1.82, 2.24) is 4.90 Å². The van der Waals surface area contributed by atoms with Crippen LogP contribution in [0.4, 0.5) is 4.79 Å². The van der Waals surface area contributed by atoms with Crippen molar-refractivity contribution in [2.75, 3.05) is 6.54 Å². The molecule has 108 valence electrons. The maximum atomic E-state index is 12.1. The molecule has 0 unspecified atom stereocenters. The minimum absolute atomic E-state index is 0.174. The van der Waals surface area contributed by atoms with Crippen LogP contribution in [0.5, 0.6) is 0 Å². The Balaban J connectivity index is 2.33. The molecular weight excluding hydrogens is 240 g/mol. The van der Waals surface area contributed by atoms with E-state index < -0.39 is 5.60 Å². The van der Waals surface area contributed by atoms with Gasteiger partial charge in [-0.3, -0.25) is 0 Å². The first-order valence-electron chi connectivity index (χ1n) is 7.30. The number of hydrogen-bond acceptors (Lipinski definition) is 3. The molecule has 0 spiro atoms. The third-order valence-electron chi connectivity index (χ3n) is 3.33. The fourth-order valence-electron chi connectivity index (χ4n) is 2.46. The van der Waals surface area contributed by atoms with Crippen LogP contribution in [0.25, 0.3) is 0 Å². The first-order valence-corrected chi connectivity index (χ1v) is 7.30. The molecule has 4 nitrogen and oxygen atoms in total. The molecule has 0 N–H and O–H groups in total. The van der Waals surface area contributed by atoms with Crippen molar-refractivity contribution < 1.29 is 9.53 Å². The second-order valence-electron chi connectivity index (χ2n) is 6.23. The summed E-state index contributed by atoms with van der Waals surface area (Å²) in [6.45, 7) is 6.52. The summed E-state index contributed by atoms with van der Waals surface area (Å²) in [5.74, 6) is 0. The van der Waals surface area contributed by atoms with Crippen LogP contribution in [0.2, 0.25) is 0 Å². The fraction of sp³-hybridized carbons (Fsp3) is 0.867. The molecule has 1 rings (SSSR count). The van der Waals surface area contributed by atoms with Gasteiger partial charge in [0, 0.05) is 19.0 Å². The van der Waals surface area contributed by atoms with Gasteiger partial charge in [-0.2, -0.15) is 5.26 Å². The molecule has 1 heterocycles. The number of nitrogens with zero attached hydrogens (tertiary/aromatic N) is 2. The second-order valence-corrected chi connectivity index (χ2v) is 6.23. The van der Waals surface area contributed by atoms with E-state index in [2.05, 4.69) is 6.07 Å². The molecule has 1 saturated heterocycles. The lowest BCUT2D eigenvalue weighted by Crippen LogP contribution is -2.39. The van der Waals surface area contributed by atoms with Crippen LogP contribution in [0.1, 0.15) is 65.7 Å². The summed E-state index contributed by atoms with van der Waals surface area (Å²) in [6.07, 6.45) is 6.78. The SMILES string of the molecule is CC(C)(C)OC(=O)N1CCC[C@@H]1CCCCCC#N. The van der Waals surface area contributed by atoms with Crippen LogP contribution in [-0.2, 0) is 4.74 Å². The van der Waals surface area contributed by atoms with Crippen molar-refractivity contribution in [3.63, 3.8) is 0 Å². The van der Waals surface area contributed by atoms with Crippen LogP contribution >= 0.6 is 0 Å². The minimum atomic E-state index is -0.420. The Morgan fingerprint density at radius 1 is 1.37 bits per heavy atom. The zero-order chi connectivity index (χ0) is 14.3. The zero-order valence-corrected chi connectivity index (χ0v) is 12.4. The highest BCUT2D eigenvalue weighted by atomic mass is 16.6. The van der Waals surface area contributed by atoms with Gasteiger partial charge in [0.05, 0.1) is 6.07 Å². The highest BCUT2D eigenvalue weighted by molar-refractivity contribution is 5.68. The molecule has 1 amide bonds.